The van der Waals surface area contributed by atoms with Gasteiger partial charge < -0.3 is 16.4 Å². The fraction of sp³-hybridized carbons (Fsp3) is 0.474. The largest absolute Gasteiger partial charge is 0.401 e. The molecule has 9 nitrogen and oxygen atoms in total. The lowest BCUT2D eigenvalue weighted by atomic mass is 9.96. The van der Waals surface area contributed by atoms with E-state index >= 15 is 0 Å². The molecule has 0 aromatic carbocycles. The summed E-state index contributed by atoms with van der Waals surface area (Å²) >= 11 is 0. The molecule has 0 radical (unpaired) electrons. The van der Waals surface area contributed by atoms with Crippen molar-refractivity contribution in [1.29, 1.82) is 0 Å². The Labute approximate surface area is 175 Å². The Morgan fingerprint density at radius 1 is 1.23 bits per heavy atom. The van der Waals surface area contributed by atoms with Crippen molar-refractivity contribution in [3.63, 3.8) is 0 Å². The summed E-state index contributed by atoms with van der Waals surface area (Å²) in [5.41, 5.74) is 5.82. The number of likely N-dealkylation sites (tertiary alicyclic amines) is 1. The van der Waals surface area contributed by atoms with E-state index in [0.717, 1.165) is 0 Å². The maximum absolute atomic E-state index is 13.4. The van der Waals surface area contributed by atoms with Crippen molar-refractivity contribution >= 4 is 23.2 Å². The number of nitrogen functional groups attached to an aromatic ring is 1. The molecule has 166 valence electrons. The van der Waals surface area contributed by atoms with Crippen molar-refractivity contribution in [2.45, 2.75) is 38.5 Å². The summed E-state index contributed by atoms with van der Waals surface area (Å²) < 4.78 is 39.6. The van der Waals surface area contributed by atoms with Crippen LogP contribution in [0.25, 0.3) is 0 Å². The molecular weight excluding hydrogens is 415 g/mol. The number of aryl methyl sites for hydroxylation is 1. The molecule has 2 aliphatic heterocycles. The number of hydrogen-bond acceptors (Lipinski definition) is 7. The molecule has 0 unspecified atom stereocenters. The van der Waals surface area contributed by atoms with Gasteiger partial charge in [-0.05, 0) is 25.5 Å². The minimum absolute atomic E-state index is 0.101. The Balaban J connectivity index is 1.71. The van der Waals surface area contributed by atoms with Crippen LogP contribution in [0.4, 0.5) is 30.5 Å². The highest BCUT2D eigenvalue weighted by atomic mass is 19.4. The topological polar surface area (TPSA) is 118 Å². The average Bonchev–Trinajstić information content (AvgIpc) is 2.96. The van der Waals surface area contributed by atoms with Crippen molar-refractivity contribution in [2.24, 2.45) is 0 Å². The van der Waals surface area contributed by atoms with Crippen LogP contribution in [0.3, 0.4) is 0 Å². The predicted molar refractivity (Wildman–Crippen MR) is 107 cm³/mol. The molecule has 4 N–H and O–H groups in total. The number of piperidine rings is 1. The Hall–Kier alpha value is -3.15. The van der Waals surface area contributed by atoms with Gasteiger partial charge in [0.15, 0.2) is 0 Å². The summed E-state index contributed by atoms with van der Waals surface area (Å²) in [7, 11) is 0. The molecule has 4 rings (SSSR count). The van der Waals surface area contributed by atoms with Crippen LogP contribution >= 0.6 is 0 Å². The summed E-state index contributed by atoms with van der Waals surface area (Å²) in [5.74, 6) is 0.213. The van der Waals surface area contributed by atoms with Gasteiger partial charge in [0.2, 0.25) is 0 Å². The van der Waals surface area contributed by atoms with E-state index in [1.807, 2.05) is 0 Å². The van der Waals surface area contributed by atoms with Crippen molar-refractivity contribution in [2.75, 3.05) is 30.7 Å². The number of halogens is 3. The molecule has 1 saturated heterocycles. The number of alkyl halides is 3. The molecule has 0 atom stereocenters. The third kappa shape index (κ3) is 3.71. The number of nitrogens with zero attached hydrogens (tertiary/aromatic N) is 4. The van der Waals surface area contributed by atoms with Gasteiger partial charge in [0.05, 0.1) is 6.54 Å². The van der Waals surface area contributed by atoms with Crippen LogP contribution in [-0.2, 0) is 5.66 Å². The highest BCUT2D eigenvalue weighted by molar-refractivity contribution is 5.97. The normalized spacial score (nSPS) is 18.2. The Morgan fingerprint density at radius 3 is 2.55 bits per heavy atom. The summed E-state index contributed by atoms with van der Waals surface area (Å²) in [6.07, 6.45) is -2.66. The Kier molecular flexibility index (Phi) is 4.91. The van der Waals surface area contributed by atoms with Gasteiger partial charge in [0.1, 0.15) is 35.0 Å². The standard InChI is InChI=1S/C19H22F3N7O2/c1-10-7-12(26-15-11(2)14(23)24-9-25-15)17(31)29-13(10)16(30)27-18(29)3-5-28(6-4-18)8-19(20,21)22/h7,9H,3-6,8H2,1-2H3,(H,27,30)(H3,23,24,25,26). The second-order valence-corrected chi connectivity index (χ2v) is 7.96. The fourth-order valence-electron chi connectivity index (χ4n) is 4.25. The number of hydrogen-bond donors (Lipinski definition) is 3. The summed E-state index contributed by atoms with van der Waals surface area (Å²) in [4.78, 5) is 35.3. The van der Waals surface area contributed by atoms with E-state index in [4.69, 9.17) is 5.73 Å². The first kappa shape index (κ1) is 21.1. The second kappa shape index (κ2) is 7.22. The molecule has 0 saturated carbocycles. The van der Waals surface area contributed by atoms with E-state index in [2.05, 4.69) is 20.6 Å². The molecule has 1 spiro atoms. The van der Waals surface area contributed by atoms with E-state index in [9.17, 15) is 22.8 Å². The van der Waals surface area contributed by atoms with Crippen LogP contribution in [0, 0.1) is 13.8 Å². The highest BCUT2D eigenvalue weighted by Crippen LogP contribution is 2.35. The second-order valence-electron chi connectivity index (χ2n) is 7.96. The number of fused-ring (bicyclic) bond motifs is 2. The lowest BCUT2D eigenvalue weighted by Crippen LogP contribution is -2.55. The van der Waals surface area contributed by atoms with Crippen LogP contribution in [0.1, 0.15) is 34.5 Å². The summed E-state index contributed by atoms with van der Waals surface area (Å²) in [6.45, 7) is 2.59. The maximum atomic E-state index is 13.4. The van der Waals surface area contributed by atoms with Crippen molar-refractivity contribution in [3.05, 3.63) is 39.6 Å². The number of pyridine rings is 1. The monoisotopic (exact) mass is 437 g/mol. The fourth-order valence-corrected chi connectivity index (χ4v) is 4.25. The third-order valence-corrected chi connectivity index (χ3v) is 5.84. The Bertz CT molecular complexity index is 1100. The lowest BCUT2D eigenvalue weighted by Gasteiger charge is -2.40. The molecular formula is C19H22F3N7O2. The maximum Gasteiger partial charge on any atom is 0.401 e. The first-order valence-corrected chi connectivity index (χ1v) is 9.73. The van der Waals surface area contributed by atoms with Crippen LogP contribution in [0.5, 0.6) is 0 Å². The number of anilines is 3. The molecule has 2 aromatic heterocycles. The van der Waals surface area contributed by atoms with E-state index in [1.165, 1.54) is 15.8 Å². The van der Waals surface area contributed by atoms with Crippen LogP contribution in [0.2, 0.25) is 0 Å². The number of nitrogens with one attached hydrogen (secondary N) is 2. The molecule has 2 aromatic rings. The number of amides is 1. The number of rotatable bonds is 3. The third-order valence-electron chi connectivity index (χ3n) is 5.84. The van der Waals surface area contributed by atoms with Gasteiger partial charge in [-0.15, -0.1) is 0 Å². The smallest absolute Gasteiger partial charge is 0.383 e. The molecule has 2 aliphatic rings. The van der Waals surface area contributed by atoms with Crippen molar-refractivity contribution in [3.8, 4) is 0 Å². The van der Waals surface area contributed by atoms with Crippen molar-refractivity contribution < 1.29 is 18.0 Å². The van der Waals surface area contributed by atoms with Crippen LogP contribution in [-0.4, -0.2) is 51.2 Å². The molecule has 0 aliphatic carbocycles. The van der Waals surface area contributed by atoms with E-state index in [0.29, 0.717) is 16.9 Å². The van der Waals surface area contributed by atoms with Crippen LogP contribution < -0.4 is 21.9 Å². The minimum Gasteiger partial charge on any atom is -0.383 e. The first-order valence-electron chi connectivity index (χ1n) is 9.73. The van der Waals surface area contributed by atoms with Gasteiger partial charge in [-0.1, -0.05) is 0 Å². The van der Waals surface area contributed by atoms with Gasteiger partial charge in [-0.2, -0.15) is 13.2 Å². The molecule has 1 fully saturated rings. The van der Waals surface area contributed by atoms with Crippen molar-refractivity contribution in [1.82, 2.24) is 24.8 Å². The zero-order chi connectivity index (χ0) is 22.6. The molecule has 0 bridgehead atoms. The van der Waals surface area contributed by atoms with Gasteiger partial charge in [0, 0.05) is 31.5 Å². The predicted octanol–water partition coefficient (Wildman–Crippen LogP) is 1.64. The number of aromatic nitrogens is 3. The molecule has 4 heterocycles. The molecule has 12 heteroatoms. The number of carbonyl (C=O) groups excluding carboxylic acids is 1. The van der Waals surface area contributed by atoms with E-state index < -0.39 is 29.9 Å². The lowest BCUT2D eigenvalue weighted by molar-refractivity contribution is -0.150. The van der Waals surface area contributed by atoms with Gasteiger partial charge in [0.25, 0.3) is 11.5 Å². The molecule has 1 amide bonds. The Morgan fingerprint density at radius 2 is 1.90 bits per heavy atom. The zero-order valence-electron chi connectivity index (χ0n) is 17.0. The minimum atomic E-state index is -4.30. The molecule has 31 heavy (non-hydrogen) atoms. The zero-order valence-corrected chi connectivity index (χ0v) is 17.0. The average molecular weight is 437 g/mol. The summed E-state index contributed by atoms with van der Waals surface area (Å²) in [6, 6.07) is 1.56. The highest BCUT2D eigenvalue weighted by Gasteiger charge is 2.47. The van der Waals surface area contributed by atoms with Gasteiger partial charge >= 0.3 is 6.18 Å². The quantitative estimate of drug-likeness (QED) is 0.668. The summed E-state index contributed by atoms with van der Waals surface area (Å²) in [5, 5.41) is 5.82. The first-order chi connectivity index (χ1) is 14.5. The number of carbonyl (C=O) groups is 1. The van der Waals surface area contributed by atoms with Gasteiger partial charge in [-0.25, -0.2) is 9.97 Å². The van der Waals surface area contributed by atoms with Crippen LogP contribution in [0.15, 0.2) is 17.2 Å². The van der Waals surface area contributed by atoms with E-state index in [-0.39, 0.29) is 43.1 Å². The SMILES string of the molecule is Cc1cc(Nc2ncnc(N)c2C)c(=O)n2c1C(=O)NC21CCN(CC(F)(F)F)CC1. The van der Waals surface area contributed by atoms with Gasteiger partial charge in [-0.3, -0.25) is 19.1 Å². The number of nitrogens with two attached hydrogens (primary N) is 1. The van der Waals surface area contributed by atoms with E-state index in [1.54, 1.807) is 19.9 Å².